The summed E-state index contributed by atoms with van der Waals surface area (Å²) in [6, 6.07) is 13.0. The Morgan fingerprint density at radius 3 is 2.44 bits per heavy atom. The average Bonchev–Trinajstić information content (AvgIpc) is 3.29. The number of methoxy groups -OCH3 is 3. The van der Waals surface area contributed by atoms with Gasteiger partial charge in [0.1, 0.15) is 0 Å². The summed E-state index contributed by atoms with van der Waals surface area (Å²) in [5, 5.41) is 16.9. The second-order valence-electron chi connectivity index (χ2n) is 7.45. The molecule has 0 atom stereocenters. The lowest BCUT2D eigenvalue weighted by Gasteiger charge is -2.17. The van der Waals surface area contributed by atoms with Crippen molar-refractivity contribution in [2.75, 3.05) is 48.1 Å². The molecule has 3 aromatic rings. The predicted octanol–water partition coefficient (Wildman–Crippen LogP) is 3.75. The van der Waals surface area contributed by atoms with E-state index < -0.39 is 0 Å². The number of likely N-dealkylation sites (N-methyl/N-ethyl adjacent to an activating group) is 1. The molecule has 0 unspecified atom stereocenters. The minimum atomic E-state index is 0.0995. The van der Waals surface area contributed by atoms with Crippen LogP contribution in [0.1, 0.15) is 12.0 Å². The Labute approximate surface area is 188 Å². The molecule has 0 aliphatic carbocycles. The van der Waals surface area contributed by atoms with E-state index in [0.717, 1.165) is 48.7 Å². The first-order chi connectivity index (χ1) is 15.5. The fourth-order valence-corrected chi connectivity index (χ4v) is 3.35. The zero-order valence-electron chi connectivity index (χ0n) is 19.1. The van der Waals surface area contributed by atoms with Crippen LogP contribution in [0.25, 0.3) is 11.3 Å². The van der Waals surface area contributed by atoms with E-state index in [9.17, 15) is 5.11 Å². The van der Waals surface area contributed by atoms with Crippen LogP contribution in [0.3, 0.4) is 0 Å². The lowest BCUT2D eigenvalue weighted by molar-refractivity contribution is 0.257. The minimum Gasteiger partial charge on any atom is -0.504 e. The van der Waals surface area contributed by atoms with Crippen LogP contribution in [0.2, 0.25) is 0 Å². The predicted molar refractivity (Wildman–Crippen MR) is 123 cm³/mol. The molecule has 2 N–H and O–H groups in total. The number of H-pyrrole nitrogens is 1. The minimum absolute atomic E-state index is 0.0995. The summed E-state index contributed by atoms with van der Waals surface area (Å²) in [4.78, 5) is 2.28. The van der Waals surface area contributed by atoms with E-state index in [-0.39, 0.29) is 5.75 Å². The number of ether oxygens (including phenoxy) is 4. The van der Waals surface area contributed by atoms with Crippen LogP contribution < -0.4 is 18.9 Å². The zero-order valence-corrected chi connectivity index (χ0v) is 19.1. The smallest absolute Gasteiger partial charge is 0.233 e. The molecule has 172 valence electrons. The number of rotatable bonds is 12. The number of phenols is 1. The van der Waals surface area contributed by atoms with Gasteiger partial charge in [0.15, 0.2) is 23.0 Å². The molecule has 0 bridgehead atoms. The van der Waals surface area contributed by atoms with Gasteiger partial charge in [0.05, 0.1) is 33.6 Å². The lowest BCUT2D eigenvalue weighted by Crippen LogP contribution is -2.23. The summed E-state index contributed by atoms with van der Waals surface area (Å²) in [6.45, 7) is 2.42. The lowest BCUT2D eigenvalue weighted by atomic mass is 10.1. The molecular formula is C24H31N3O5. The second kappa shape index (κ2) is 11.3. The highest BCUT2D eigenvalue weighted by Gasteiger charge is 2.09. The Hall–Kier alpha value is -3.39. The summed E-state index contributed by atoms with van der Waals surface area (Å²) in [6.07, 6.45) is 1.81. The average molecular weight is 442 g/mol. The van der Waals surface area contributed by atoms with Gasteiger partial charge in [-0.25, -0.2) is 0 Å². The number of aromatic amines is 1. The van der Waals surface area contributed by atoms with E-state index in [0.29, 0.717) is 18.2 Å². The van der Waals surface area contributed by atoms with Gasteiger partial charge in [-0.15, -0.1) is 5.10 Å². The Kier molecular flexibility index (Phi) is 8.21. The number of aromatic nitrogens is 2. The molecule has 0 amide bonds. The highest BCUT2D eigenvalue weighted by Crippen LogP contribution is 2.31. The first kappa shape index (κ1) is 23.3. The van der Waals surface area contributed by atoms with Crippen LogP contribution in [-0.4, -0.2) is 68.3 Å². The number of hydrogen-bond donors (Lipinski definition) is 2. The number of benzene rings is 2. The number of phenolic OH excluding ortho intramolecular Hbond substituents is 1. The summed E-state index contributed by atoms with van der Waals surface area (Å²) in [5.74, 6) is 2.55. The van der Waals surface area contributed by atoms with Crippen LogP contribution in [-0.2, 0) is 6.42 Å². The van der Waals surface area contributed by atoms with Gasteiger partial charge in [0.25, 0.3) is 0 Å². The van der Waals surface area contributed by atoms with E-state index in [1.54, 1.807) is 32.4 Å². The van der Waals surface area contributed by atoms with E-state index in [4.69, 9.17) is 18.9 Å². The molecule has 0 saturated heterocycles. The van der Waals surface area contributed by atoms with Gasteiger partial charge in [-0.3, -0.25) is 5.10 Å². The first-order valence-electron chi connectivity index (χ1n) is 10.5. The van der Waals surface area contributed by atoms with Crippen molar-refractivity contribution in [2.24, 2.45) is 0 Å². The van der Waals surface area contributed by atoms with Crippen LogP contribution >= 0.6 is 0 Å². The maximum Gasteiger partial charge on any atom is 0.233 e. The topological polar surface area (TPSA) is 89.1 Å². The largest absolute Gasteiger partial charge is 0.504 e. The molecule has 32 heavy (non-hydrogen) atoms. The molecule has 1 aromatic heterocycles. The molecular weight excluding hydrogens is 410 g/mol. The third-order valence-corrected chi connectivity index (χ3v) is 5.21. The van der Waals surface area contributed by atoms with Gasteiger partial charge in [-0.2, -0.15) is 0 Å². The molecule has 0 radical (unpaired) electrons. The van der Waals surface area contributed by atoms with Gasteiger partial charge in [0, 0.05) is 24.7 Å². The van der Waals surface area contributed by atoms with Crippen LogP contribution in [0.15, 0.2) is 42.5 Å². The highest BCUT2D eigenvalue weighted by molar-refractivity contribution is 5.64. The van der Waals surface area contributed by atoms with Crippen molar-refractivity contribution in [3.05, 3.63) is 48.0 Å². The summed E-state index contributed by atoms with van der Waals surface area (Å²) in [7, 11) is 6.91. The van der Waals surface area contributed by atoms with Gasteiger partial charge in [0.2, 0.25) is 5.88 Å². The second-order valence-corrected chi connectivity index (χ2v) is 7.45. The fraction of sp³-hybridized carbons (Fsp3) is 0.375. The molecule has 8 heteroatoms. The fourth-order valence-electron chi connectivity index (χ4n) is 3.35. The summed E-state index contributed by atoms with van der Waals surface area (Å²) >= 11 is 0. The molecule has 2 aromatic carbocycles. The summed E-state index contributed by atoms with van der Waals surface area (Å²) < 4.78 is 21.6. The zero-order chi connectivity index (χ0) is 22.9. The van der Waals surface area contributed by atoms with Gasteiger partial charge >= 0.3 is 0 Å². The SMILES string of the molecule is COc1cc(-c2cc(OCCCN(C)CCc3ccc(OC)c(OC)c3)n[nH]2)ccc1O. The Morgan fingerprint density at radius 1 is 0.906 bits per heavy atom. The van der Waals surface area contributed by atoms with Crippen molar-refractivity contribution in [1.82, 2.24) is 15.1 Å². The van der Waals surface area contributed by atoms with Crippen LogP contribution in [0.4, 0.5) is 0 Å². The maximum atomic E-state index is 9.73. The van der Waals surface area contributed by atoms with Crippen molar-refractivity contribution in [3.8, 4) is 40.1 Å². The highest BCUT2D eigenvalue weighted by atomic mass is 16.5. The molecule has 3 rings (SSSR count). The normalized spacial score (nSPS) is 10.9. The maximum absolute atomic E-state index is 9.73. The molecule has 8 nitrogen and oxygen atoms in total. The Morgan fingerprint density at radius 2 is 1.69 bits per heavy atom. The summed E-state index contributed by atoms with van der Waals surface area (Å²) in [5.41, 5.74) is 2.86. The van der Waals surface area contributed by atoms with Gasteiger partial charge < -0.3 is 29.0 Å². The van der Waals surface area contributed by atoms with E-state index in [1.165, 1.54) is 12.7 Å². The van der Waals surface area contributed by atoms with Crippen molar-refractivity contribution >= 4 is 0 Å². The molecule has 0 saturated carbocycles. The Balaban J connectivity index is 1.41. The molecule has 0 fully saturated rings. The first-order valence-corrected chi connectivity index (χ1v) is 10.5. The molecule has 0 aliphatic heterocycles. The monoisotopic (exact) mass is 441 g/mol. The van der Waals surface area contributed by atoms with Crippen molar-refractivity contribution < 1.29 is 24.1 Å². The third kappa shape index (κ3) is 6.07. The number of aromatic hydroxyl groups is 1. The number of hydrogen-bond acceptors (Lipinski definition) is 7. The standard InChI is InChI=1S/C24H31N3O5/c1-27(12-10-17-6-9-21(29-2)23(14-17)31-4)11-5-13-32-24-16-19(25-26-24)18-7-8-20(28)22(15-18)30-3/h6-9,14-16,28H,5,10-13H2,1-4H3,(H,25,26). The Bertz CT molecular complexity index is 1010. The molecule has 0 spiro atoms. The number of nitrogens with zero attached hydrogens (tertiary/aromatic N) is 2. The molecule has 1 heterocycles. The third-order valence-electron chi connectivity index (χ3n) is 5.21. The van der Waals surface area contributed by atoms with Crippen molar-refractivity contribution in [3.63, 3.8) is 0 Å². The van der Waals surface area contributed by atoms with E-state index >= 15 is 0 Å². The van der Waals surface area contributed by atoms with Gasteiger partial charge in [-0.05, 0) is 55.8 Å². The van der Waals surface area contributed by atoms with E-state index in [2.05, 4.69) is 28.2 Å². The van der Waals surface area contributed by atoms with Crippen LogP contribution in [0.5, 0.6) is 28.9 Å². The quantitative estimate of drug-likeness (QED) is 0.414. The van der Waals surface area contributed by atoms with Gasteiger partial charge in [-0.1, -0.05) is 6.07 Å². The van der Waals surface area contributed by atoms with Crippen molar-refractivity contribution in [2.45, 2.75) is 12.8 Å². The van der Waals surface area contributed by atoms with Crippen molar-refractivity contribution in [1.29, 1.82) is 0 Å². The van der Waals surface area contributed by atoms with Crippen LogP contribution in [0, 0.1) is 0 Å². The number of nitrogens with one attached hydrogen (secondary N) is 1. The van der Waals surface area contributed by atoms with E-state index in [1.807, 2.05) is 18.2 Å². The molecule has 0 aliphatic rings.